The maximum absolute atomic E-state index is 6.12. The van der Waals surface area contributed by atoms with Gasteiger partial charge in [-0.3, -0.25) is 5.10 Å². The lowest BCUT2D eigenvalue weighted by Crippen LogP contribution is -2.23. The number of nitrogens with zero attached hydrogens (tertiary/aromatic N) is 2. The number of H-pyrrole nitrogens is 1. The highest BCUT2D eigenvalue weighted by Crippen LogP contribution is 2.27. The molecule has 28 heavy (non-hydrogen) atoms. The van der Waals surface area contributed by atoms with E-state index < -0.39 is 0 Å². The van der Waals surface area contributed by atoms with Crippen LogP contribution in [-0.2, 0) is 12.8 Å². The van der Waals surface area contributed by atoms with Crippen LogP contribution in [0.1, 0.15) is 29.3 Å². The first-order valence-electron chi connectivity index (χ1n) is 9.96. The third-order valence-electron chi connectivity index (χ3n) is 5.37. The lowest BCUT2D eigenvalue weighted by Gasteiger charge is -2.15. The van der Waals surface area contributed by atoms with Crippen LogP contribution in [0.15, 0.2) is 60.7 Å². The summed E-state index contributed by atoms with van der Waals surface area (Å²) in [6.45, 7) is 3.94. The van der Waals surface area contributed by atoms with Gasteiger partial charge < -0.3 is 9.64 Å². The fourth-order valence-corrected chi connectivity index (χ4v) is 3.95. The Bertz CT molecular complexity index is 880. The number of ether oxygens (including phenoxy) is 1. The summed E-state index contributed by atoms with van der Waals surface area (Å²) >= 11 is 6.12. The number of nitrogens with one attached hydrogen (secondary N) is 1. The van der Waals surface area contributed by atoms with Gasteiger partial charge in [0.05, 0.1) is 17.3 Å². The van der Waals surface area contributed by atoms with Crippen LogP contribution < -0.4 is 4.74 Å². The van der Waals surface area contributed by atoms with Gasteiger partial charge in [0.2, 0.25) is 0 Å². The van der Waals surface area contributed by atoms with Gasteiger partial charge >= 0.3 is 0 Å². The van der Waals surface area contributed by atoms with Crippen LogP contribution in [0.2, 0.25) is 5.02 Å². The van der Waals surface area contributed by atoms with Crippen molar-refractivity contribution in [1.82, 2.24) is 15.1 Å². The second-order valence-electron chi connectivity index (χ2n) is 7.37. The molecule has 1 N–H and O–H groups in total. The Morgan fingerprint density at radius 3 is 2.75 bits per heavy atom. The lowest BCUT2D eigenvalue weighted by molar-refractivity contribution is 0.320. The van der Waals surface area contributed by atoms with Crippen LogP contribution in [0, 0.1) is 0 Å². The van der Waals surface area contributed by atoms with E-state index in [1.165, 1.54) is 17.7 Å². The molecule has 1 fully saturated rings. The monoisotopic (exact) mass is 395 g/mol. The van der Waals surface area contributed by atoms with Crippen molar-refractivity contribution in [2.24, 2.45) is 0 Å². The molecule has 0 spiro atoms. The zero-order valence-corrected chi connectivity index (χ0v) is 16.7. The van der Waals surface area contributed by atoms with Crippen molar-refractivity contribution in [2.45, 2.75) is 25.2 Å². The lowest BCUT2D eigenvalue weighted by atomic mass is 10.0. The third kappa shape index (κ3) is 4.94. The molecule has 3 aromatic rings. The maximum atomic E-state index is 6.12. The quantitative estimate of drug-likeness (QED) is 0.600. The van der Waals surface area contributed by atoms with Crippen LogP contribution in [0.4, 0.5) is 0 Å². The van der Waals surface area contributed by atoms with E-state index >= 15 is 0 Å². The van der Waals surface area contributed by atoms with Gasteiger partial charge in [-0.15, -0.1) is 0 Å². The van der Waals surface area contributed by atoms with E-state index in [9.17, 15) is 0 Å². The van der Waals surface area contributed by atoms with E-state index in [1.54, 1.807) is 0 Å². The minimum Gasteiger partial charge on any atom is -0.492 e. The Morgan fingerprint density at radius 1 is 1.07 bits per heavy atom. The molecule has 2 heterocycles. The summed E-state index contributed by atoms with van der Waals surface area (Å²) in [7, 11) is 0. The summed E-state index contributed by atoms with van der Waals surface area (Å²) in [5, 5.41) is 8.38. The molecule has 5 heteroatoms. The SMILES string of the molecule is Clc1ccccc1OCCc1cc(C2CCN(CCc3ccccc3)C2)n[nH]1. The Labute approximate surface area is 171 Å². The predicted molar refractivity (Wildman–Crippen MR) is 113 cm³/mol. The van der Waals surface area contributed by atoms with Crippen LogP contribution in [0.25, 0.3) is 0 Å². The van der Waals surface area contributed by atoms with Crippen molar-refractivity contribution < 1.29 is 4.74 Å². The van der Waals surface area contributed by atoms with Gasteiger partial charge in [-0.25, -0.2) is 0 Å². The third-order valence-corrected chi connectivity index (χ3v) is 5.68. The summed E-state index contributed by atoms with van der Waals surface area (Å²) < 4.78 is 5.78. The minimum absolute atomic E-state index is 0.519. The van der Waals surface area contributed by atoms with Crippen molar-refractivity contribution in [3.05, 3.63) is 82.6 Å². The smallest absolute Gasteiger partial charge is 0.137 e. The van der Waals surface area contributed by atoms with Gasteiger partial charge in [0.25, 0.3) is 0 Å². The summed E-state index contributed by atoms with van der Waals surface area (Å²) in [5.74, 6) is 1.25. The van der Waals surface area contributed by atoms with E-state index in [-0.39, 0.29) is 0 Å². The van der Waals surface area contributed by atoms with E-state index in [0.717, 1.165) is 43.9 Å². The zero-order chi connectivity index (χ0) is 19.2. The number of aromatic nitrogens is 2. The Balaban J connectivity index is 1.23. The number of rotatable bonds is 8. The normalized spacial score (nSPS) is 17.1. The Morgan fingerprint density at radius 2 is 1.89 bits per heavy atom. The minimum atomic E-state index is 0.519. The van der Waals surface area contributed by atoms with E-state index in [0.29, 0.717) is 17.5 Å². The van der Waals surface area contributed by atoms with Gasteiger partial charge in [-0.2, -0.15) is 5.10 Å². The van der Waals surface area contributed by atoms with Crippen LogP contribution in [0.5, 0.6) is 5.75 Å². The molecule has 0 saturated carbocycles. The zero-order valence-electron chi connectivity index (χ0n) is 16.0. The summed E-state index contributed by atoms with van der Waals surface area (Å²) in [6.07, 6.45) is 3.08. The Hall–Kier alpha value is -2.30. The number of hydrogen-bond acceptors (Lipinski definition) is 3. The highest BCUT2D eigenvalue weighted by molar-refractivity contribution is 6.32. The number of halogens is 1. The maximum Gasteiger partial charge on any atom is 0.137 e. The van der Waals surface area contributed by atoms with Crippen molar-refractivity contribution in [3.63, 3.8) is 0 Å². The molecule has 1 saturated heterocycles. The van der Waals surface area contributed by atoms with Crippen molar-refractivity contribution in [1.29, 1.82) is 0 Å². The molecule has 4 nitrogen and oxygen atoms in total. The molecular weight excluding hydrogens is 370 g/mol. The number of benzene rings is 2. The standard InChI is InChI=1S/C23H26ClN3O/c24-21-8-4-5-9-23(21)28-15-12-20-16-22(26-25-20)19-11-14-27(17-19)13-10-18-6-2-1-3-7-18/h1-9,16,19H,10-15,17H2,(H,25,26). The molecule has 0 radical (unpaired) electrons. The fourth-order valence-electron chi connectivity index (χ4n) is 3.76. The Kier molecular flexibility index (Phi) is 6.30. The molecule has 0 aliphatic carbocycles. The van der Waals surface area contributed by atoms with E-state index in [1.807, 2.05) is 24.3 Å². The van der Waals surface area contributed by atoms with Crippen molar-refractivity contribution in [2.75, 3.05) is 26.2 Å². The topological polar surface area (TPSA) is 41.1 Å². The number of aromatic amines is 1. The molecule has 1 unspecified atom stereocenters. The molecule has 2 aromatic carbocycles. The van der Waals surface area contributed by atoms with Crippen LogP contribution in [0.3, 0.4) is 0 Å². The summed E-state index contributed by atoms with van der Waals surface area (Å²) in [6, 6.07) is 20.5. The van der Waals surface area contributed by atoms with Crippen LogP contribution >= 0.6 is 11.6 Å². The molecule has 1 aliphatic heterocycles. The van der Waals surface area contributed by atoms with E-state index in [4.69, 9.17) is 16.3 Å². The van der Waals surface area contributed by atoms with Gasteiger partial charge in [0, 0.05) is 31.1 Å². The molecule has 146 valence electrons. The largest absolute Gasteiger partial charge is 0.492 e. The molecular formula is C23H26ClN3O. The number of likely N-dealkylation sites (tertiary alicyclic amines) is 1. The molecule has 1 aliphatic rings. The summed E-state index contributed by atoms with van der Waals surface area (Å²) in [5.41, 5.74) is 3.70. The highest BCUT2D eigenvalue weighted by atomic mass is 35.5. The average Bonchev–Trinajstić information content (AvgIpc) is 3.38. The second-order valence-corrected chi connectivity index (χ2v) is 7.78. The van der Waals surface area contributed by atoms with Gasteiger partial charge in [-0.1, -0.05) is 54.1 Å². The molecule has 1 aromatic heterocycles. The van der Waals surface area contributed by atoms with Crippen molar-refractivity contribution in [3.8, 4) is 5.75 Å². The first kappa shape index (κ1) is 19.0. The first-order chi connectivity index (χ1) is 13.8. The van der Waals surface area contributed by atoms with Crippen LogP contribution in [-0.4, -0.2) is 41.3 Å². The predicted octanol–water partition coefficient (Wildman–Crippen LogP) is 4.72. The van der Waals surface area contributed by atoms with Gasteiger partial charge in [-0.05, 0) is 43.1 Å². The first-order valence-corrected chi connectivity index (χ1v) is 10.3. The summed E-state index contributed by atoms with van der Waals surface area (Å²) in [4.78, 5) is 2.55. The second kappa shape index (κ2) is 9.26. The highest BCUT2D eigenvalue weighted by Gasteiger charge is 2.25. The van der Waals surface area contributed by atoms with Gasteiger partial charge in [0.15, 0.2) is 0 Å². The van der Waals surface area contributed by atoms with Crippen molar-refractivity contribution >= 4 is 11.6 Å². The van der Waals surface area contributed by atoms with Gasteiger partial charge in [0.1, 0.15) is 5.75 Å². The average molecular weight is 396 g/mol. The van der Waals surface area contributed by atoms with E-state index in [2.05, 4.69) is 51.5 Å². The number of para-hydroxylation sites is 1. The number of hydrogen-bond donors (Lipinski definition) is 1. The fraction of sp³-hybridized carbons (Fsp3) is 0.348. The molecule has 4 rings (SSSR count). The molecule has 0 amide bonds. The molecule has 0 bridgehead atoms. The molecule has 1 atom stereocenters.